The van der Waals surface area contributed by atoms with E-state index >= 15 is 0 Å². The number of carboxylic acid groups (broad SMARTS) is 1. The average Bonchev–Trinajstić information content (AvgIpc) is 2.50. The Balaban J connectivity index is 2.32. The third kappa shape index (κ3) is 2.65. The van der Waals surface area contributed by atoms with Crippen molar-refractivity contribution in [3.63, 3.8) is 0 Å². The normalized spacial score (nSPS) is 11.0. The number of fused-ring (bicyclic) bond motifs is 1. The molecule has 0 unspecified atom stereocenters. The fourth-order valence-electron chi connectivity index (χ4n) is 2.47. The van der Waals surface area contributed by atoms with Crippen LogP contribution in [0.15, 0.2) is 36.4 Å². The monoisotopic (exact) mass is 313 g/mol. The van der Waals surface area contributed by atoms with Gasteiger partial charge in [-0.2, -0.15) is 0 Å². The van der Waals surface area contributed by atoms with Crippen molar-refractivity contribution in [2.24, 2.45) is 0 Å². The molecular formula is C18H13F2NO2. The van der Waals surface area contributed by atoms with Crippen molar-refractivity contribution in [3.05, 3.63) is 64.7 Å². The zero-order valence-corrected chi connectivity index (χ0v) is 12.5. The number of rotatable bonds is 2. The Hall–Kier alpha value is -2.82. The van der Waals surface area contributed by atoms with Crippen LogP contribution in [0, 0.1) is 25.5 Å². The Morgan fingerprint density at radius 2 is 1.70 bits per heavy atom. The van der Waals surface area contributed by atoms with E-state index in [0.29, 0.717) is 16.5 Å². The summed E-state index contributed by atoms with van der Waals surface area (Å²) >= 11 is 0. The lowest BCUT2D eigenvalue weighted by molar-refractivity contribution is 0.0699. The smallest absolute Gasteiger partial charge is 0.336 e. The van der Waals surface area contributed by atoms with Gasteiger partial charge in [0.25, 0.3) is 0 Å². The van der Waals surface area contributed by atoms with E-state index in [1.54, 1.807) is 12.1 Å². The maximum absolute atomic E-state index is 13.4. The van der Waals surface area contributed by atoms with Crippen LogP contribution in [0.1, 0.15) is 21.5 Å². The fraction of sp³-hybridized carbons (Fsp3) is 0.111. The molecule has 116 valence electrons. The van der Waals surface area contributed by atoms with Crippen molar-refractivity contribution in [2.75, 3.05) is 0 Å². The number of hydrogen-bond donors (Lipinski definition) is 1. The highest BCUT2D eigenvalue weighted by Gasteiger charge is 2.15. The van der Waals surface area contributed by atoms with Crippen LogP contribution in [0.5, 0.6) is 0 Å². The van der Waals surface area contributed by atoms with Gasteiger partial charge in [0.15, 0.2) is 11.6 Å². The van der Waals surface area contributed by atoms with E-state index in [-0.39, 0.29) is 11.3 Å². The summed E-state index contributed by atoms with van der Waals surface area (Å²) in [5.74, 6) is -3.05. The molecule has 0 aliphatic heterocycles. The van der Waals surface area contributed by atoms with Crippen LogP contribution in [0.3, 0.4) is 0 Å². The maximum Gasteiger partial charge on any atom is 0.336 e. The highest BCUT2D eigenvalue weighted by molar-refractivity contribution is 6.04. The number of aryl methyl sites for hydroxylation is 2. The number of nitrogens with zero attached hydrogens (tertiary/aromatic N) is 1. The molecule has 1 N–H and O–H groups in total. The summed E-state index contributed by atoms with van der Waals surface area (Å²) in [5, 5.41) is 9.97. The molecule has 3 nitrogen and oxygen atoms in total. The van der Waals surface area contributed by atoms with Gasteiger partial charge in [-0.15, -0.1) is 0 Å². The van der Waals surface area contributed by atoms with Gasteiger partial charge in [0, 0.05) is 10.9 Å². The van der Waals surface area contributed by atoms with E-state index < -0.39 is 17.6 Å². The molecule has 0 atom stereocenters. The van der Waals surface area contributed by atoms with Crippen LogP contribution in [0.25, 0.3) is 22.2 Å². The first-order valence-corrected chi connectivity index (χ1v) is 6.97. The number of carbonyl (C=O) groups is 1. The van der Waals surface area contributed by atoms with Crippen molar-refractivity contribution in [2.45, 2.75) is 13.8 Å². The first-order chi connectivity index (χ1) is 10.9. The molecule has 23 heavy (non-hydrogen) atoms. The van der Waals surface area contributed by atoms with Crippen molar-refractivity contribution in [3.8, 4) is 11.3 Å². The number of carboxylic acids is 1. The van der Waals surface area contributed by atoms with Crippen LogP contribution in [-0.2, 0) is 0 Å². The lowest BCUT2D eigenvalue weighted by atomic mass is 10.00. The number of aromatic nitrogens is 1. The third-order valence-electron chi connectivity index (χ3n) is 3.87. The van der Waals surface area contributed by atoms with Crippen LogP contribution < -0.4 is 0 Å². The van der Waals surface area contributed by atoms with Crippen LogP contribution in [-0.4, -0.2) is 16.1 Å². The molecule has 3 rings (SSSR count). The predicted molar refractivity (Wildman–Crippen MR) is 83.5 cm³/mol. The number of pyridine rings is 1. The topological polar surface area (TPSA) is 50.2 Å². The Kier molecular flexibility index (Phi) is 3.56. The number of aromatic carboxylic acids is 1. The SMILES string of the molecule is Cc1cc2nc(-c3ccc(F)c(F)c3)cc(C(=O)O)c2cc1C. The first-order valence-electron chi connectivity index (χ1n) is 6.97. The van der Waals surface area contributed by atoms with Gasteiger partial charge in [-0.05, 0) is 61.4 Å². The standard InChI is InChI=1S/C18H13F2NO2/c1-9-5-12-13(18(22)23)8-16(21-17(12)6-10(9)2)11-3-4-14(19)15(20)7-11/h3-8H,1-2H3,(H,22,23). The van der Waals surface area contributed by atoms with Crippen molar-refractivity contribution < 1.29 is 18.7 Å². The van der Waals surface area contributed by atoms with Gasteiger partial charge >= 0.3 is 5.97 Å². The summed E-state index contributed by atoms with van der Waals surface area (Å²) in [5.41, 5.74) is 3.14. The number of benzene rings is 2. The molecule has 0 amide bonds. The zero-order chi connectivity index (χ0) is 16.7. The van der Waals surface area contributed by atoms with Gasteiger partial charge in [0.2, 0.25) is 0 Å². The first kappa shape index (κ1) is 15.1. The molecule has 2 aromatic carbocycles. The molecule has 0 saturated heterocycles. The van der Waals surface area contributed by atoms with Gasteiger partial charge < -0.3 is 5.11 Å². The minimum atomic E-state index is -1.09. The van der Waals surface area contributed by atoms with Gasteiger partial charge in [-0.1, -0.05) is 0 Å². The second-order valence-corrected chi connectivity index (χ2v) is 5.44. The molecule has 0 spiro atoms. The summed E-state index contributed by atoms with van der Waals surface area (Å²) in [7, 11) is 0. The molecule has 0 bridgehead atoms. The second kappa shape index (κ2) is 5.43. The molecule has 3 aromatic rings. The highest BCUT2D eigenvalue weighted by Crippen LogP contribution is 2.28. The van der Waals surface area contributed by atoms with E-state index in [2.05, 4.69) is 4.98 Å². The summed E-state index contributed by atoms with van der Waals surface area (Å²) in [6.45, 7) is 3.80. The number of hydrogen-bond acceptors (Lipinski definition) is 2. The molecule has 5 heteroatoms. The predicted octanol–water partition coefficient (Wildman–Crippen LogP) is 4.50. The van der Waals surface area contributed by atoms with Crippen LogP contribution >= 0.6 is 0 Å². The molecule has 1 aromatic heterocycles. The molecular weight excluding hydrogens is 300 g/mol. The lowest BCUT2D eigenvalue weighted by Gasteiger charge is -2.10. The van der Waals surface area contributed by atoms with Gasteiger partial charge in [0.05, 0.1) is 16.8 Å². The zero-order valence-electron chi connectivity index (χ0n) is 12.5. The minimum absolute atomic E-state index is 0.0813. The molecule has 0 saturated carbocycles. The average molecular weight is 313 g/mol. The molecule has 1 heterocycles. The van der Waals surface area contributed by atoms with Crippen molar-refractivity contribution >= 4 is 16.9 Å². The molecule has 0 fully saturated rings. The Morgan fingerprint density at radius 1 is 1.00 bits per heavy atom. The fourth-order valence-corrected chi connectivity index (χ4v) is 2.47. The minimum Gasteiger partial charge on any atom is -0.478 e. The second-order valence-electron chi connectivity index (χ2n) is 5.44. The van der Waals surface area contributed by atoms with Crippen molar-refractivity contribution in [1.82, 2.24) is 4.98 Å². The van der Waals surface area contributed by atoms with E-state index in [1.165, 1.54) is 12.1 Å². The van der Waals surface area contributed by atoms with Crippen molar-refractivity contribution in [1.29, 1.82) is 0 Å². The van der Waals surface area contributed by atoms with Gasteiger partial charge in [0.1, 0.15) is 0 Å². The molecule has 0 radical (unpaired) electrons. The lowest BCUT2D eigenvalue weighted by Crippen LogP contribution is -2.01. The molecule has 0 aliphatic rings. The van der Waals surface area contributed by atoms with E-state index in [4.69, 9.17) is 0 Å². The van der Waals surface area contributed by atoms with Crippen LogP contribution in [0.4, 0.5) is 8.78 Å². The highest BCUT2D eigenvalue weighted by atomic mass is 19.2. The van der Waals surface area contributed by atoms with E-state index in [0.717, 1.165) is 23.3 Å². The largest absolute Gasteiger partial charge is 0.478 e. The maximum atomic E-state index is 13.4. The summed E-state index contributed by atoms with van der Waals surface area (Å²) in [6.07, 6.45) is 0. The Morgan fingerprint density at radius 3 is 2.35 bits per heavy atom. The van der Waals surface area contributed by atoms with Gasteiger partial charge in [-0.3, -0.25) is 0 Å². The van der Waals surface area contributed by atoms with E-state index in [9.17, 15) is 18.7 Å². The summed E-state index contributed by atoms with van der Waals surface area (Å²) in [4.78, 5) is 16.0. The third-order valence-corrected chi connectivity index (χ3v) is 3.87. The summed E-state index contributed by atoms with van der Waals surface area (Å²) < 4.78 is 26.5. The summed E-state index contributed by atoms with van der Waals surface area (Å²) in [6, 6.07) is 8.33. The van der Waals surface area contributed by atoms with Crippen LogP contribution in [0.2, 0.25) is 0 Å². The Labute approximate surface area is 131 Å². The molecule has 0 aliphatic carbocycles. The van der Waals surface area contributed by atoms with E-state index in [1.807, 2.05) is 13.8 Å². The number of halogens is 2. The van der Waals surface area contributed by atoms with Gasteiger partial charge in [-0.25, -0.2) is 18.6 Å². The Bertz CT molecular complexity index is 951. The quantitative estimate of drug-likeness (QED) is 0.758.